The average molecular weight is 354 g/mol. The zero-order chi connectivity index (χ0) is 17.7. The fourth-order valence-electron chi connectivity index (χ4n) is 2.83. The van der Waals surface area contributed by atoms with Crippen LogP contribution in [0.4, 0.5) is 0 Å². The van der Waals surface area contributed by atoms with Gasteiger partial charge in [-0.05, 0) is 18.1 Å². The lowest BCUT2D eigenvalue weighted by Crippen LogP contribution is -2.39. The number of carbonyl (C=O) groups is 1. The number of nitrogens with zero attached hydrogens (tertiary/aromatic N) is 1. The van der Waals surface area contributed by atoms with Gasteiger partial charge in [-0.1, -0.05) is 32.0 Å². The molecule has 0 spiro atoms. The number of sulfone groups is 1. The van der Waals surface area contributed by atoms with Gasteiger partial charge >= 0.3 is 0 Å². The Morgan fingerprint density at radius 2 is 1.96 bits per heavy atom. The number of hydrogen-bond donors (Lipinski definition) is 1. The van der Waals surface area contributed by atoms with E-state index in [9.17, 15) is 13.2 Å². The Morgan fingerprint density at radius 1 is 1.29 bits per heavy atom. The van der Waals surface area contributed by atoms with Crippen molar-refractivity contribution in [2.75, 3.05) is 33.3 Å². The van der Waals surface area contributed by atoms with Gasteiger partial charge in [0.1, 0.15) is 11.9 Å². The maximum Gasteiger partial charge on any atom is 0.248 e. The van der Waals surface area contributed by atoms with E-state index in [1.54, 1.807) is 42.3 Å². The van der Waals surface area contributed by atoms with Gasteiger partial charge in [-0.3, -0.25) is 4.79 Å². The van der Waals surface area contributed by atoms with E-state index in [4.69, 9.17) is 4.74 Å². The van der Waals surface area contributed by atoms with Crippen molar-refractivity contribution < 1.29 is 17.9 Å². The third kappa shape index (κ3) is 4.55. The molecule has 1 amide bonds. The first kappa shape index (κ1) is 18.9. The van der Waals surface area contributed by atoms with Crippen molar-refractivity contribution >= 4 is 15.7 Å². The minimum Gasteiger partial charge on any atom is -0.366 e. The SMILES string of the molecule is CC(C)CN(C)C(=O)CO[C@@H]1CNC[C@H]1S(=O)(=O)c1ccccc1. The largest absolute Gasteiger partial charge is 0.366 e. The number of hydrogen-bond acceptors (Lipinski definition) is 5. The highest BCUT2D eigenvalue weighted by molar-refractivity contribution is 7.92. The average Bonchev–Trinajstić information content (AvgIpc) is 3.02. The highest BCUT2D eigenvalue weighted by Crippen LogP contribution is 2.22. The van der Waals surface area contributed by atoms with Gasteiger partial charge in [0.25, 0.3) is 0 Å². The fourth-order valence-corrected chi connectivity index (χ4v) is 4.63. The highest BCUT2D eigenvalue weighted by atomic mass is 32.2. The molecule has 1 fully saturated rings. The molecule has 6 nitrogen and oxygen atoms in total. The molecule has 1 heterocycles. The van der Waals surface area contributed by atoms with Gasteiger partial charge in [-0.2, -0.15) is 0 Å². The van der Waals surface area contributed by atoms with Crippen LogP contribution in [0.3, 0.4) is 0 Å². The predicted molar refractivity (Wildman–Crippen MR) is 92.5 cm³/mol. The van der Waals surface area contributed by atoms with E-state index in [1.807, 2.05) is 13.8 Å². The van der Waals surface area contributed by atoms with Crippen LogP contribution in [0, 0.1) is 5.92 Å². The van der Waals surface area contributed by atoms with Crippen LogP contribution in [0.25, 0.3) is 0 Å². The standard InChI is InChI=1S/C17H26N2O4S/c1-13(2)11-19(3)17(20)12-23-15-9-18-10-16(15)24(21,22)14-7-5-4-6-8-14/h4-8,13,15-16,18H,9-12H2,1-3H3/t15-,16-/m1/s1. The molecule has 2 rings (SSSR count). The van der Waals surface area contributed by atoms with Crippen molar-refractivity contribution in [1.29, 1.82) is 0 Å². The Balaban J connectivity index is 2.00. The second-order valence-electron chi connectivity index (χ2n) is 6.57. The minimum absolute atomic E-state index is 0.101. The topological polar surface area (TPSA) is 75.7 Å². The molecule has 1 aliphatic heterocycles. The number of likely N-dealkylation sites (N-methyl/N-ethyl adjacent to an activating group) is 1. The molecule has 1 aromatic rings. The molecule has 2 atom stereocenters. The number of ether oxygens (including phenoxy) is 1. The van der Waals surface area contributed by atoms with E-state index in [2.05, 4.69) is 5.32 Å². The first-order valence-electron chi connectivity index (χ1n) is 8.17. The lowest BCUT2D eigenvalue weighted by Gasteiger charge is -2.23. The lowest BCUT2D eigenvalue weighted by atomic mass is 10.2. The summed E-state index contributed by atoms with van der Waals surface area (Å²) >= 11 is 0. The second-order valence-corrected chi connectivity index (χ2v) is 8.74. The normalized spacial score (nSPS) is 21.2. The van der Waals surface area contributed by atoms with Crippen molar-refractivity contribution in [3.05, 3.63) is 30.3 Å². The zero-order valence-corrected chi connectivity index (χ0v) is 15.3. The smallest absolute Gasteiger partial charge is 0.248 e. The summed E-state index contributed by atoms with van der Waals surface area (Å²) < 4.78 is 31.2. The molecule has 0 saturated carbocycles. The second kappa shape index (κ2) is 8.09. The summed E-state index contributed by atoms with van der Waals surface area (Å²) in [6.45, 7) is 5.38. The first-order valence-corrected chi connectivity index (χ1v) is 9.72. The number of amides is 1. The molecular formula is C17H26N2O4S. The Labute approximate surface area is 144 Å². The van der Waals surface area contributed by atoms with Crippen molar-refractivity contribution in [1.82, 2.24) is 10.2 Å². The quantitative estimate of drug-likeness (QED) is 0.788. The van der Waals surface area contributed by atoms with Crippen LogP contribution >= 0.6 is 0 Å². The van der Waals surface area contributed by atoms with Gasteiger partial charge in [-0.15, -0.1) is 0 Å². The minimum atomic E-state index is -3.49. The molecule has 24 heavy (non-hydrogen) atoms. The van der Waals surface area contributed by atoms with Crippen molar-refractivity contribution in [3.8, 4) is 0 Å². The zero-order valence-electron chi connectivity index (χ0n) is 14.4. The summed E-state index contributed by atoms with van der Waals surface area (Å²) in [5.41, 5.74) is 0. The van der Waals surface area contributed by atoms with Crippen LogP contribution < -0.4 is 5.32 Å². The van der Waals surface area contributed by atoms with Crippen LogP contribution in [-0.4, -0.2) is 63.9 Å². The maximum absolute atomic E-state index is 12.8. The molecule has 7 heteroatoms. The van der Waals surface area contributed by atoms with E-state index >= 15 is 0 Å². The third-order valence-electron chi connectivity index (χ3n) is 4.06. The molecule has 0 aliphatic carbocycles. The van der Waals surface area contributed by atoms with Crippen LogP contribution in [0.1, 0.15) is 13.8 Å². The number of carbonyl (C=O) groups excluding carboxylic acids is 1. The molecule has 0 bridgehead atoms. The Bertz CT molecular complexity index is 646. The summed E-state index contributed by atoms with van der Waals surface area (Å²) in [5.74, 6) is 0.241. The summed E-state index contributed by atoms with van der Waals surface area (Å²) in [4.78, 5) is 14.0. The van der Waals surface area contributed by atoms with Crippen LogP contribution in [0.15, 0.2) is 35.2 Å². The Hall–Kier alpha value is -1.44. The van der Waals surface area contributed by atoms with Crippen LogP contribution in [-0.2, 0) is 19.4 Å². The third-order valence-corrected chi connectivity index (χ3v) is 6.26. The van der Waals surface area contributed by atoms with Crippen molar-refractivity contribution in [2.24, 2.45) is 5.92 Å². The van der Waals surface area contributed by atoms with E-state index in [1.165, 1.54) is 0 Å². The molecule has 134 valence electrons. The van der Waals surface area contributed by atoms with Gasteiger partial charge in [0, 0.05) is 26.7 Å². The number of rotatable bonds is 7. The molecule has 0 radical (unpaired) electrons. The van der Waals surface area contributed by atoms with E-state index in [-0.39, 0.29) is 17.4 Å². The van der Waals surface area contributed by atoms with Gasteiger partial charge < -0.3 is 15.0 Å². The summed E-state index contributed by atoms with van der Waals surface area (Å²) in [5, 5.41) is 2.38. The van der Waals surface area contributed by atoms with Gasteiger partial charge in [0.2, 0.25) is 5.91 Å². The molecule has 0 aromatic heterocycles. The summed E-state index contributed by atoms with van der Waals surface area (Å²) in [6.07, 6.45) is -0.522. The van der Waals surface area contributed by atoms with Crippen LogP contribution in [0.2, 0.25) is 0 Å². The molecule has 1 aliphatic rings. The Morgan fingerprint density at radius 3 is 2.58 bits per heavy atom. The van der Waals surface area contributed by atoms with Crippen LogP contribution in [0.5, 0.6) is 0 Å². The molecule has 1 saturated heterocycles. The lowest BCUT2D eigenvalue weighted by molar-refractivity contribution is -0.136. The van der Waals surface area contributed by atoms with Gasteiger partial charge in [-0.25, -0.2) is 8.42 Å². The number of nitrogens with one attached hydrogen (secondary N) is 1. The fraction of sp³-hybridized carbons (Fsp3) is 0.588. The van der Waals surface area contributed by atoms with Crippen molar-refractivity contribution in [2.45, 2.75) is 30.1 Å². The maximum atomic E-state index is 12.8. The number of benzene rings is 1. The van der Waals surface area contributed by atoms with E-state index in [0.29, 0.717) is 25.6 Å². The predicted octanol–water partition coefficient (Wildman–Crippen LogP) is 0.932. The first-order chi connectivity index (χ1) is 11.3. The van der Waals surface area contributed by atoms with E-state index < -0.39 is 21.2 Å². The van der Waals surface area contributed by atoms with Crippen molar-refractivity contribution in [3.63, 3.8) is 0 Å². The molecular weight excluding hydrogens is 328 g/mol. The molecule has 0 unspecified atom stereocenters. The van der Waals surface area contributed by atoms with Gasteiger partial charge in [0.15, 0.2) is 9.84 Å². The monoisotopic (exact) mass is 354 g/mol. The van der Waals surface area contributed by atoms with E-state index in [0.717, 1.165) is 0 Å². The Kier molecular flexibility index (Phi) is 6.37. The molecule has 1 aromatic carbocycles. The molecule has 1 N–H and O–H groups in total. The van der Waals surface area contributed by atoms with Gasteiger partial charge in [0.05, 0.1) is 11.0 Å². The highest BCUT2D eigenvalue weighted by Gasteiger charge is 2.39. The summed E-state index contributed by atoms with van der Waals surface area (Å²) in [7, 11) is -1.75. The summed E-state index contributed by atoms with van der Waals surface area (Å²) in [6, 6.07) is 8.37.